The van der Waals surface area contributed by atoms with Crippen LogP contribution in [0, 0.1) is 23.2 Å². The SMILES string of the molecule is CC#CC(=O)NCC1(C2CCN(C(=O)OC(C)(C)C)CC2)CCOCC1. The normalized spacial score (nSPS) is 20.7. The van der Waals surface area contributed by atoms with Gasteiger partial charge in [-0.15, -0.1) is 0 Å². The lowest BCUT2D eigenvalue weighted by atomic mass is 9.66. The van der Waals surface area contributed by atoms with Crippen molar-refractivity contribution in [3.63, 3.8) is 0 Å². The minimum absolute atomic E-state index is 0.0311. The van der Waals surface area contributed by atoms with Crippen molar-refractivity contribution in [1.29, 1.82) is 0 Å². The molecule has 2 aliphatic rings. The van der Waals surface area contributed by atoms with E-state index >= 15 is 0 Å². The number of carbonyl (C=O) groups excluding carboxylic acids is 2. The van der Waals surface area contributed by atoms with Gasteiger partial charge in [0.05, 0.1) is 0 Å². The third-order valence-corrected chi connectivity index (χ3v) is 5.34. The molecular weight excluding hydrogens is 332 g/mol. The number of nitrogens with one attached hydrogen (secondary N) is 1. The van der Waals surface area contributed by atoms with Gasteiger partial charge in [0.25, 0.3) is 5.91 Å². The molecule has 0 atom stereocenters. The maximum atomic E-state index is 12.3. The molecule has 2 heterocycles. The minimum Gasteiger partial charge on any atom is -0.444 e. The molecule has 2 aliphatic heterocycles. The van der Waals surface area contributed by atoms with E-state index in [1.54, 1.807) is 11.8 Å². The van der Waals surface area contributed by atoms with Gasteiger partial charge in [0.2, 0.25) is 0 Å². The van der Waals surface area contributed by atoms with Crippen LogP contribution in [0.5, 0.6) is 0 Å². The summed E-state index contributed by atoms with van der Waals surface area (Å²) >= 11 is 0. The fraction of sp³-hybridized carbons (Fsp3) is 0.800. The highest BCUT2D eigenvalue weighted by atomic mass is 16.6. The monoisotopic (exact) mass is 364 g/mol. The molecule has 2 saturated heterocycles. The van der Waals surface area contributed by atoms with Crippen molar-refractivity contribution in [1.82, 2.24) is 10.2 Å². The third-order valence-electron chi connectivity index (χ3n) is 5.34. The van der Waals surface area contributed by atoms with Crippen molar-refractivity contribution < 1.29 is 19.1 Å². The fourth-order valence-electron chi connectivity index (χ4n) is 3.92. The molecule has 0 bridgehead atoms. The molecular formula is C20H32N2O4. The number of hydrogen-bond donors (Lipinski definition) is 1. The molecule has 6 heteroatoms. The zero-order valence-corrected chi connectivity index (χ0v) is 16.5. The lowest BCUT2D eigenvalue weighted by Crippen LogP contribution is -2.50. The van der Waals surface area contributed by atoms with Crippen LogP contribution in [0.3, 0.4) is 0 Å². The maximum absolute atomic E-state index is 12.3. The van der Waals surface area contributed by atoms with E-state index < -0.39 is 5.60 Å². The first-order valence-corrected chi connectivity index (χ1v) is 9.52. The first kappa shape index (κ1) is 20.6. The Morgan fingerprint density at radius 3 is 2.38 bits per heavy atom. The van der Waals surface area contributed by atoms with Crippen LogP contribution in [0.4, 0.5) is 4.79 Å². The van der Waals surface area contributed by atoms with Gasteiger partial charge in [-0.05, 0) is 70.6 Å². The second kappa shape index (κ2) is 8.77. The second-order valence-corrected chi connectivity index (χ2v) is 8.27. The molecule has 0 spiro atoms. The second-order valence-electron chi connectivity index (χ2n) is 8.27. The number of amides is 2. The third kappa shape index (κ3) is 5.63. The molecule has 0 aliphatic carbocycles. The van der Waals surface area contributed by atoms with Crippen LogP contribution in [0.15, 0.2) is 0 Å². The van der Waals surface area contributed by atoms with Gasteiger partial charge in [-0.2, -0.15) is 0 Å². The number of carbonyl (C=O) groups is 2. The van der Waals surface area contributed by atoms with Crippen molar-refractivity contribution in [2.75, 3.05) is 32.8 Å². The predicted molar refractivity (Wildman–Crippen MR) is 99.5 cm³/mol. The summed E-state index contributed by atoms with van der Waals surface area (Å²) < 4.78 is 11.0. The highest BCUT2D eigenvalue weighted by Gasteiger charge is 2.42. The Balaban J connectivity index is 1.96. The van der Waals surface area contributed by atoms with Gasteiger partial charge in [-0.25, -0.2) is 4.79 Å². The Kier molecular flexibility index (Phi) is 6.94. The number of likely N-dealkylation sites (tertiary alicyclic amines) is 1. The van der Waals surface area contributed by atoms with Crippen molar-refractivity contribution >= 4 is 12.0 Å². The predicted octanol–water partition coefficient (Wildman–Crippen LogP) is 2.57. The topological polar surface area (TPSA) is 67.9 Å². The maximum Gasteiger partial charge on any atom is 0.410 e. The van der Waals surface area contributed by atoms with Crippen LogP contribution in [0.1, 0.15) is 53.4 Å². The van der Waals surface area contributed by atoms with Gasteiger partial charge in [-0.3, -0.25) is 4.79 Å². The van der Waals surface area contributed by atoms with Gasteiger partial charge in [0.1, 0.15) is 5.60 Å². The molecule has 0 aromatic rings. The summed E-state index contributed by atoms with van der Waals surface area (Å²) in [4.78, 5) is 25.9. The van der Waals surface area contributed by atoms with E-state index in [-0.39, 0.29) is 17.4 Å². The first-order chi connectivity index (χ1) is 12.3. The van der Waals surface area contributed by atoms with Gasteiger partial charge in [0.15, 0.2) is 0 Å². The summed E-state index contributed by atoms with van der Waals surface area (Å²) in [6, 6.07) is 0. The summed E-state index contributed by atoms with van der Waals surface area (Å²) in [5, 5.41) is 2.98. The number of nitrogens with zero attached hydrogens (tertiary/aromatic N) is 1. The van der Waals surface area contributed by atoms with Crippen LogP contribution < -0.4 is 5.32 Å². The van der Waals surface area contributed by atoms with E-state index in [4.69, 9.17) is 9.47 Å². The number of hydrogen-bond acceptors (Lipinski definition) is 4. The smallest absolute Gasteiger partial charge is 0.410 e. The van der Waals surface area contributed by atoms with Crippen molar-refractivity contribution in [3.05, 3.63) is 0 Å². The molecule has 6 nitrogen and oxygen atoms in total. The van der Waals surface area contributed by atoms with E-state index in [0.29, 0.717) is 25.6 Å². The van der Waals surface area contributed by atoms with Gasteiger partial charge < -0.3 is 19.7 Å². The molecule has 2 rings (SSSR count). The molecule has 0 radical (unpaired) electrons. The molecule has 0 aromatic carbocycles. The van der Waals surface area contributed by atoms with Gasteiger partial charge >= 0.3 is 6.09 Å². The van der Waals surface area contributed by atoms with Crippen LogP contribution in [-0.2, 0) is 14.3 Å². The van der Waals surface area contributed by atoms with Crippen molar-refractivity contribution in [2.24, 2.45) is 11.3 Å². The largest absolute Gasteiger partial charge is 0.444 e. The summed E-state index contributed by atoms with van der Waals surface area (Å²) in [6.07, 6.45) is 3.49. The zero-order chi connectivity index (χ0) is 19.2. The zero-order valence-electron chi connectivity index (χ0n) is 16.5. The molecule has 2 fully saturated rings. The van der Waals surface area contributed by atoms with E-state index in [1.807, 2.05) is 20.8 Å². The van der Waals surface area contributed by atoms with Crippen molar-refractivity contribution in [3.8, 4) is 11.8 Å². The summed E-state index contributed by atoms with van der Waals surface area (Å²) in [5.41, 5.74) is -0.441. The minimum atomic E-state index is -0.472. The highest BCUT2D eigenvalue weighted by Crippen LogP contribution is 2.43. The van der Waals surface area contributed by atoms with E-state index in [0.717, 1.165) is 38.9 Å². The van der Waals surface area contributed by atoms with Gasteiger partial charge in [-0.1, -0.05) is 5.92 Å². The standard InChI is InChI=1S/C20H32N2O4/c1-5-6-17(23)21-15-20(9-13-25-14-10-20)16-7-11-22(12-8-16)18(24)26-19(2,3)4/h16H,7-15H2,1-4H3,(H,21,23). The molecule has 0 saturated carbocycles. The molecule has 1 N–H and O–H groups in total. The lowest BCUT2D eigenvalue weighted by Gasteiger charge is -2.47. The quantitative estimate of drug-likeness (QED) is 0.782. The molecule has 0 unspecified atom stereocenters. The fourth-order valence-corrected chi connectivity index (χ4v) is 3.92. The summed E-state index contributed by atoms with van der Waals surface area (Å²) in [7, 11) is 0. The van der Waals surface area contributed by atoms with Crippen LogP contribution in [0.25, 0.3) is 0 Å². The number of piperidine rings is 1. The van der Waals surface area contributed by atoms with Crippen LogP contribution in [-0.4, -0.2) is 55.3 Å². The van der Waals surface area contributed by atoms with Crippen LogP contribution in [0.2, 0.25) is 0 Å². The average Bonchev–Trinajstić information content (AvgIpc) is 2.60. The summed E-state index contributed by atoms with van der Waals surface area (Å²) in [5.74, 6) is 5.43. The Morgan fingerprint density at radius 2 is 1.85 bits per heavy atom. The molecule has 146 valence electrons. The first-order valence-electron chi connectivity index (χ1n) is 9.52. The molecule has 0 aromatic heterocycles. The van der Waals surface area contributed by atoms with E-state index in [2.05, 4.69) is 17.2 Å². The Labute approximate surface area is 157 Å². The number of ether oxygens (including phenoxy) is 2. The Hall–Kier alpha value is -1.74. The summed E-state index contributed by atoms with van der Waals surface area (Å²) in [6.45, 7) is 10.8. The molecule has 26 heavy (non-hydrogen) atoms. The van der Waals surface area contributed by atoms with E-state index in [1.165, 1.54) is 0 Å². The number of rotatable bonds is 3. The lowest BCUT2D eigenvalue weighted by molar-refractivity contribution is -0.117. The van der Waals surface area contributed by atoms with Crippen LogP contribution >= 0.6 is 0 Å². The highest BCUT2D eigenvalue weighted by molar-refractivity contribution is 5.93. The average molecular weight is 364 g/mol. The molecule has 2 amide bonds. The van der Waals surface area contributed by atoms with Crippen molar-refractivity contribution in [2.45, 2.75) is 59.0 Å². The van der Waals surface area contributed by atoms with E-state index in [9.17, 15) is 9.59 Å². The Morgan fingerprint density at radius 1 is 1.23 bits per heavy atom. The van der Waals surface area contributed by atoms with Gasteiger partial charge in [0, 0.05) is 32.8 Å². The Bertz CT molecular complexity index is 557.